The van der Waals surface area contributed by atoms with Gasteiger partial charge in [0.05, 0.1) is 23.4 Å². The molecule has 1 amide bonds. The zero-order chi connectivity index (χ0) is 22.3. The van der Waals surface area contributed by atoms with Gasteiger partial charge in [0.1, 0.15) is 5.75 Å². The fraction of sp³-hybridized carbons (Fsp3) is 0.333. The second-order valence-corrected chi connectivity index (χ2v) is 8.39. The molecule has 0 N–H and O–H groups in total. The maximum Gasteiger partial charge on any atom is 0.229 e. The highest BCUT2D eigenvalue weighted by molar-refractivity contribution is 7.22. The van der Waals surface area contributed by atoms with Crippen LogP contribution in [-0.4, -0.2) is 27.6 Å². The van der Waals surface area contributed by atoms with Crippen molar-refractivity contribution in [2.45, 2.75) is 46.1 Å². The van der Waals surface area contributed by atoms with E-state index >= 15 is 0 Å². The van der Waals surface area contributed by atoms with Gasteiger partial charge in [-0.2, -0.15) is 4.98 Å². The predicted molar refractivity (Wildman–Crippen MR) is 125 cm³/mol. The molecular weight excluding hydrogens is 424 g/mol. The smallest absolute Gasteiger partial charge is 0.229 e. The van der Waals surface area contributed by atoms with E-state index in [9.17, 15) is 4.79 Å². The number of anilines is 1. The minimum atomic E-state index is -0.0341. The Kier molecular flexibility index (Phi) is 7.11. The molecule has 0 aliphatic carbocycles. The van der Waals surface area contributed by atoms with Crippen LogP contribution in [0.1, 0.15) is 44.0 Å². The summed E-state index contributed by atoms with van der Waals surface area (Å²) in [6, 6.07) is 15.7. The highest BCUT2D eigenvalue weighted by atomic mass is 32.1. The molecule has 0 saturated carbocycles. The summed E-state index contributed by atoms with van der Waals surface area (Å²) in [4.78, 5) is 24.1. The molecule has 0 radical (unpaired) electrons. The van der Waals surface area contributed by atoms with Crippen LogP contribution in [0, 0.1) is 0 Å². The summed E-state index contributed by atoms with van der Waals surface area (Å²) in [5, 5.41) is 4.64. The normalized spacial score (nSPS) is 11.1. The summed E-state index contributed by atoms with van der Waals surface area (Å²) in [6.07, 6.45) is 2.39. The number of hydrogen-bond donors (Lipinski definition) is 0. The quantitative estimate of drug-likeness (QED) is 0.330. The zero-order valence-electron chi connectivity index (χ0n) is 18.3. The van der Waals surface area contributed by atoms with E-state index in [0.29, 0.717) is 36.4 Å². The first kappa shape index (κ1) is 22.0. The van der Waals surface area contributed by atoms with Gasteiger partial charge in [-0.15, -0.1) is 0 Å². The molecule has 8 heteroatoms. The monoisotopic (exact) mass is 450 g/mol. The van der Waals surface area contributed by atoms with E-state index in [4.69, 9.17) is 14.2 Å². The summed E-state index contributed by atoms with van der Waals surface area (Å²) in [6.45, 7) is 5.07. The molecule has 32 heavy (non-hydrogen) atoms. The van der Waals surface area contributed by atoms with Gasteiger partial charge in [0, 0.05) is 19.3 Å². The average Bonchev–Trinajstić information content (AvgIpc) is 3.43. The zero-order valence-corrected chi connectivity index (χ0v) is 19.1. The van der Waals surface area contributed by atoms with Crippen LogP contribution >= 0.6 is 11.3 Å². The van der Waals surface area contributed by atoms with E-state index in [1.165, 1.54) is 11.3 Å². The van der Waals surface area contributed by atoms with E-state index in [1.807, 2.05) is 55.5 Å². The van der Waals surface area contributed by atoms with Crippen LogP contribution in [-0.2, 0) is 24.2 Å². The van der Waals surface area contributed by atoms with E-state index in [0.717, 1.165) is 34.4 Å². The first-order valence-electron chi connectivity index (χ1n) is 10.9. The number of carbonyl (C=O) groups is 1. The van der Waals surface area contributed by atoms with Gasteiger partial charge >= 0.3 is 0 Å². The molecule has 4 rings (SSSR count). The molecule has 0 aliphatic rings. The maximum absolute atomic E-state index is 13.3. The Labute approximate surface area is 191 Å². The van der Waals surface area contributed by atoms with Crippen LogP contribution in [0.5, 0.6) is 5.75 Å². The summed E-state index contributed by atoms with van der Waals surface area (Å²) < 4.78 is 11.9. The van der Waals surface area contributed by atoms with Crippen molar-refractivity contribution in [1.29, 1.82) is 0 Å². The predicted octanol–water partition coefficient (Wildman–Crippen LogP) is 5.20. The first-order valence-corrected chi connectivity index (χ1v) is 11.7. The van der Waals surface area contributed by atoms with Crippen molar-refractivity contribution in [3.8, 4) is 5.75 Å². The van der Waals surface area contributed by atoms with Crippen molar-refractivity contribution in [1.82, 2.24) is 15.1 Å². The van der Waals surface area contributed by atoms with Crippen molar-refractivity contribution in [3.63, 3.8) is 0 Å². The van der Waals surface area contributed by atoms with Crippen LogP contribution in [0.4, 0.5) is 5.13 Å². The molecule has 0 atom stereocenters. The molecule has 0 saturated heterocycles. The topological polar surface area (TPSA) is 81.4 Å². The van der Waals surface area contributed by atoms with Crippen LogP contribution in [0.15, 0.2) is 53.1 Å². The van der Waals surface area contributed by atoms with Gasteiger partial charge in [0.2, 0.25) is 11.8 Å². The van der Waals surface area contributed by atoms with Crippen molar-refractivity contribution < 1.29 is 14.1 Å². The third kappa shape index (κ3) is 5.31. The Morgan fingerprint density at radius 3 is 2.72 bits per heavy atom. The third-order valence-corrected chi connectivity index (χ3v) is 5.95. The number of aromatic nitrogens is 3. The Hall–Kier alpha value is -3.26. The number of aryl methyl sites for hydroxylation is 2. The molecule has 0 unspecified atom stereocenters. The Morgan fingerprint density at radius 1 is 1.09 bits per heavy atom. The number of benzene rings is 2. The van der Waals surface area contributed by atoms with E-state index < -0.39 is 0 Å². The summed E-state index contributed by atoms with van der Waals surface area (Å²) >= 11 is 1.49. The fourth-order valence-electron chi connectivity index (χ4n) is 3.36. The molecule has 4 aromatic rings. The van der Waals surface area contributed by atoms with Gasteiger partial charge in [0.15, 0.2) is 11.0 Å². The Morgan fingerprint density at radius 2 is 1.94 bits per heavy atom. The van der Waals surface area contributed by atoms with Crippen LogP contribution < -0.4 is 9.64 Å². The van der Waals surface area contributed by atoms with Gasteiger partial charge in [-0.25, -0.2) is 4.98 Å². The number of amides is 1. The summed E-state index contributed by atoms with van der Waals surface area (Å²) in [5.74, 6) is 1.95. The highest BCUT2D eigenvalue weighted by Crippen LogP contribution is 2.32. The number of ether oxygens (including phenoxy) is 1. The lowest BCUT2D eigenvalue weighted by molar-refractivity contribution is -0.118. The third-order valence-electron chi connectivity index (χ3n) is 4.91. The lowest BCUT2D eigenvalue weighted by Gasteiger charge is -2.19. The molecule has 2 heterocycles. The first-order chi connectivity index (χ1) is 15.7. The molecule has 7 nitrogen and oxygen atoms in total. The van der Waals surface area contributed by atoms with Gasteiger partial charge < -0.3 is 9.26 Å². The minimum absolute atomic E-state index is 0.0341. The molecule has 2 aromatic heterocycles. The molecule has 0 fully saturated rings. The minimum Gasteiger partial charge on any atom is -0.494 e. The van der Waals surface area contributed by atoms with E-state index in [-0.39, 0.29) is 12.3 Å². The van der Waals surface area contributed by atoms with Gasteiger partial charge in [-0.1, -0.05) is 53.7 Å². The van der Waals surface area contributed by atoms with Crippen molar-refractivity contribution in [3.05, 3.63) is 65.8 Å². The number of fused-ring (bicyclic) bond motifs is 1. The number of nitrogens with zero attached hydrogens (tertiary/aromatic N) is 4. The number of carbonyl (C=O) groups excluding carboxylic acids is 1. The van der Waals surface area contributed by atoms with Crippen LogP contribution in [0.3, 0.4) is 0 Å². The lowest BCUT2D eigenvalue weighted by Crippen LogP contribution is -2.30. The molecular formula is C24H26N4O3S. The maximum atomic E-state index is 13.3. The molecule has 0 spiro atoms. The van der Waals surface area contributed by atoms with E-state index in [2.05, 4.69) is 17.1 Å². The van der Waals surface area contributed by atoms with E-state index in [1.54, 1.807) is 4.90 Å². The summed E-state index contributed by atoms with van der Waals surface area (Å²) in [7, 11) is 0. The number of hydrogen-bond acceptors (Lipinski definition) is 7. The standard InChI is InChI=1S/C24H26N4O3S/c1-3-8-21-26-22(31-27-21)13-14-23(29)28(16-17-9-6-5-7-10-17)24-25-19-12-11-18(30-4-2)15-20(19)32-24/h5-7,9-12,15H,3-4,8,13-14,16H2,1-2H3. The lowest BCUT2D eigenvalue weighted by atomic mass is 10.2. The van der Waals surface area contributed by atoms with Crippen molar-refractivity contribution in [2.75, 3.05) is 11.5 Å². The average molecular weight is 451 g/mol. The van der Waals surface area contributed by atoms with Crippen LogP contribution in [0.25, 0.3) is 10.2 Å². The van der Waals surface area contributed by atoms with Gasteiger partial charge in [-0.05, 0) is 37.1 Å². The molecule has 0 bridgehead atoms. The largest absolute Gasteiger partial charge is 0.494 e. The van der Waals surface area contributed by atoms with Crippen LogP contribution in [0.2, 0.25) is 0 Å². The number of thiazole rings is 1. The van der Waals surface area contributed by atoms with Gasteiger partial charge in [0.25, 0.3) is 0 Å². The fourth-order valence-corrected chi connectivity index (χ4v) is 4.37. The Balaban J connectivity index is 1.56. The second-order valence-electron chi connectivity index (χ2n) is 7.38. The van der Waals surface area contributed by atoms with Crippen molar-refractivity contribution in [2.24, 2.45) is 0 Å². The van der Waals surface area contributed by atoms with Crippen molar-refractivity contribution >= 4 is 32.6 Å². The molecule has 166 valence electrons. The van der Waals surface area contributed by atoms with Gasteiger partial charge in [-0.3, -0.25) is 9.69 Å². The Bertz CT molecular complexity index is 1170. The highest BCUT2D eigenvalue weighted by Gasteiger charge is 2.21. The summed E-state index contributed by atoms with van der Waals surface area (Å²) in [5.41, 5.74) is 1.89. The number of rotatable bonds is 10. The molecule has 2 aromatic carbocycles. The molecule has 0 aliphatic heterocycles. The second kappa shape index (κ2) is 10.4. The SMILES string of the molecule is CCCc1noc(CCC(=O)N(Cc2ccccc2)c2nc3ccc(OCC)cc3s2)n1.